The number of hydrogen-bond acceptors (Lipinski definition) is 5. The maximum atomic E-state index is 12.0. The molecule has 0 atom stereocenters. The summed E-state index contributed by atoms with van der Waals surface area (Å²) in [6, 6.07) is 3.29. The van der Waals surface area contributed by atoms with Crippen LogP contribution in [0.25, 0.3) is 10.9 Å². The number of pyridine rings is 1. The number of aliphatic imine (C=N–C) groups is 1. The summed E-state index contributed by atoms with van der Waals surface area (Å²) in [5.74, 6) is -0.635. The summed E-state index contributed by atoms with van der Waals surface area (Å²) in [6.45, 7) is 3.59. The van der Waals surface area contributed by atoms with Crippen molar-refractivity contribution >= 4 is 46.0 Å². The Balaban J connectivity index is 2.25. The molecule has 0 aliphatic carbocycles. The van der Waals surface area contributed by atoms with Crippen molar-refractivity contribution in [3.63, 3.8) is 0 Å². The van der Waals surface area contributed by atoms with E-state index in [1.807, 2.05) is 0 Å². The molecule has 2 heterocycles. The average Bonchev–Trinajstić information content (AvgIpc) is 2.95. The highest BCUT2D eigenvalue weighted by atomic mass is 16.2. The first kappa shape index (κ1) is 15.0. The minimum absolute atomic E-state index is 0.146. The molecule has 3 rings (SSSR count). The van der Waals surface area contributed by atoms with E-state index in [2.05, 4.69) is 20.6 Å². The van der Waals surface area contributed by atoms with Crippen LogP contribution in [0.15, 0.2) is 17.1 Å². The van der Waals surface area contributed by atoms with Crippen LogP contribution in [-0.4, -0.2) is 30.1 Å². The van der Waals surface area contributed by atoms with Crippen molar-refractivity contribution in [1.29, 1.82) is 0 Å². The second-order valence-electron chi connectivity index (χ2n) is 5.66. The number of hydrogen-bond donors (Lipinski definition) is 3. The van der Waals surface area contributed by atoms with Gasteiger partial charge in [0.2, 0.25) is 5.91 Å². The smallest absolute Gasteiger partial charge is 0.269 e. The number of carbonyl (C=O) groups is 2. The van der Waals surface area contributed by atoms with Crippen molar-refractivity contribution < 1.29 is 9.59 Å². The molecule has 0 saturated heterocycles. The number of aromatic nitrogens is 1. The average molecular weight is 311 g/mol. The number of nitrogens with one attached hydrogen (secondary N) is 2. The Hall–Kier alpha value is -2.96. The summed E-state index contributed by atoms with van der Waals surface area (Å²) in [5.41, 5.74) is 9.13. The van der Waals surface area contributed by atoms with Crippen LogP contribution in [0, 0.1) is 5.92 Å². The lowest BCUT2D eigenvalue weighted by molar-refractivity contribution is -0.118. The van der Waals surface area contributed by atoms with Gasteiger partial charge in [0.1, 0.15) is 5.69 Å². The Bertz CT molecular complexity index is 871. The molecule has 0 spiro atoms. The number of anilines is 2. The van der Waals surface area contributed by atoms with E-state index in [-0.39, 0.29) is 23.4 Å². The molecule has 1 aliphatic rings. The molecule has 0 fully saturated rings. The zero-order valence-corrected chi connectivity index (χ0v) is 13.1. The lowest BCUT2D eigenvalue weighted by atomic mass is 10.1. The zero-order chi connectivity index (χ0) is 16.7. The quantitative estimate of drug-likeness (QED) is 0.641. The molecular formula is C16H17N5O2. The lowest BCUT2D eigenvalue weighted by Crippen LogP contribution is -2.20. The summed E-state index contributed by atoms with van der Waals surface area (Å²) in [5, 5.41) is 6.12. The molecule has 0 radical (unpaired) electrons. The van der Waals surface area contributed by atoms with Gasteiger partial charge in [-0.05, 0) is 12.1 Å². The molecule has 0 unspecified atom stereocenters. The number of nitrogen functional groups attached to an aromatic ring is 1. The Morgan fingerprint density at radius 1 is 1.26 bits per heavy atom. The van der Waals surface area contributed by atoms with Gasteiger partial charge >= 0.3 is 0 Å². The van der Waals surface area contributed by atoms with Crippen LogP contribution in [0.4, 0.5) is 17.1 Å². The van der Waals surface area contributed by atoms with E-state index in [4.69, 9.17) is 5.73 Å². The number of nitrogens with zero attached hydrogens (tertiary/aromatic N) is 2. The highest BCUT2D eigenvalue weighted by Crippen LogP contribution is 2.41. The zero-order valence-electron chi connectivity index (χ0n) is 13.1. The number of rotatable bonds is 3. The topological polar surface area (TPSA) is 109 Å². The van der Waals surface area contributed by atoms with Gasteiger partial charge in [-0.15, -0.1) is 0 Å². The van der Waals surface area contributed by atoms with Crippen molar-refractivity contribution in [3.8, 4) is 0 Å². The predicted octanol–water partition coefficient (Wildman–Crippen LogP) is 1.84. The van der Waals surface area contributed by atoms with E-state index in [1.165, 1.54) is 7.05 Å². The van der Waals surface area contributed by atoms with E-state index in [1.54, 1.807) is 32.2 Å². The normalized spacial score (nSPS) is 12.0. The molecule has 0 bridgehead atoms. The molecule has 7 heteroatoms. The molecule has 1 aromatic carbocycles. The summed E-state index contributed by atoms with van der Waals surface area (Å²) >= 11 is 0. The first-order valence-electron chi connectivity index (χ1n) is 7.26. The number of amides is 2. The molecular weight excluding hydrogens is 294 g/mol. The first-order valence-corrected chi connectivity index (χ1v) is 7.26. The van der Waals surface area contributed by atoms with Gasteiger partial charge in [-0.25, -0.2) is 4.98 Å². The molecule has 23 heavy (non-hydrogen) atoms. The van der Waals surface area contributed by atoms with Gasteiger partial charge in [0.05, 0.1) is 22.6 Å². The highest BCUT2D eigenvalue weighted by Gasteiger charge is 2.22. The number of nitrogens with two attached hydrogens (primary N) is 1. The Morgan fingerprint density at radius 2 is 2.00 bits per heavy atom. The van der Waals surface area contributed by atoms with E-state index in [0.717, 1.165) is 10.9 Å². The largest absolute Gasteiger partial charge is 0.397 e. The van der Waals surface area contributed by atoms with Gasteiger partial charge in [0, 0.05) is 30.1 Å². The van der Waals surface area contributed by atoms with E-state index in [9.17, 15) is 9.59 Å². The molecule has 4 N–H and O–H groups in total. The predicted molar refractivity (Wildman–Crippen MR) is 90.3 cm³/mol. The third-order valence-electron chi connectivity index (χ3n) is 3.69. The first-order chi connectivity index (χ1) is 10.9. The summed E-state index contributed by atoms with van der Waals surface area (Å²) in [7, 11) is 1.54. The molecule has 118 valence electrons. The van der Waals surface area contributed by atoms with Gasteiger partial charge in [-0.1, -0.05) is 13.8 Å². The van der Waals surface area contributed by atoms with Crippen LogP contribution < -0.4 is 16.4 Å². The van der Waals surface area contributed by atoms with Crippen LogP contribution in [-0.2, 0) is 4.79 Å². The SMILES string of the molecule is CNC(=O)c1cc2c3c(c(N)cc(NC(=O)C(C)C)c3n1)N=C2. The Morgan fingerprint density at radius 3 is 2.65 bits per heavy atom. The standard InChI is InChI=1S/C16H17N5O2/c1-7(2)15(22)21-10-5-9(17)13-12-8(6-19-13)4-11(16(23)18-3)20-14(10)12/h4-7H,17H2,1-3H3,(H,18,23)(H,21,22). The van der Waals surface area contributed by atoms with Gasteiger partial charge in [-0.2, -0.15) is 0 Å². The third-order valence-corrected chi connectivity index (χ3v) is 3.69. The second kappa shape index (κ2) is 5.35. The van der Waals surface area contributed by atoms with Crippen LogP contribution in [0.5, 0.6) is 0 Å². The number of benzene rings is 1. The highest BCUT2D eigenvalue weighted by molar-refractivity contribution is 6.18. The minimum atomic E-state index is -0.303. The maximum Gasteiger partial charge on any atom is 0.269 e. The molecule has 7 nitrogen and oxygen atoms in total. The summed E-state index contributed by atoms with van der Waals surface area (Å²) in [6.07, 6.45) is 1.65. The Kier molecular flexibility index (Phi) is 3.48. The van der Waals surface area contributed by atoms with E-state index < -0.39 is 0 Å². The Labute approximate surface area is 133 Å². The van der Waals surface area contributed by atoms with Crippen LogP contribution in [0.3, 0.4) is 0 Å². The monoisotopic (exact) mass is 311 g/mol. The molecule has 1 aliphatic heterocycles. The number of carbonyl (C=O) groups excluding carboxylic acids is 2. The summed E-state index contributed by atoms with van der Waals surface area (Å²) < 4.78 is 0. The van der Waals surface area contributed by atoms with Gasteiger partial charge < -0.3 is 16.4 Å². The second-order valence-corrected chi connectivity index (χ2v) is 5.66. The van der Waals surface area contributed by atoms with Gasteiger partial charge in [0.25, 0.3) is 5.91 Å². The van der Waals surface area contributed by atoms with Crippen LogP contribution in [0.1, 0.15) is 29.9 Å². The molecule has 1 aromatic heterocycles. The van der Waals surface area contributed by atoms with Crippen molar-refractivity contribution in [2.45, 2.75) is 13.8 Å². The minimum Gasteiger partial charge on any atom is -0.397 e. The van der Waals surface area contributed by atoms with Crippen molar-refractivity contribution in [2.75, 3.05) is 18.1 Å². The van der Waals surface area contributed by atoms with Crippen LogP contribution in [0.2, 0.25) is 0 Å². The van der Waals surface area contributed by atoms with Crippen molar-refractivity contribution in [3.05, 3.63) is 23.4 Å². The maximum absolute atomic E-state index is 12.0. The fourth-order valence-electron chi connectivity index (χ4n) is 2.44. The fourth-order valence-corrected chi connectivity index (χ4v) is 2.44. The summed E-state index contributed by atoms with van der Waals surface area (Å²) in [4.78, 5) is 32.6. The third kappa shape index (κ3) is 2.40. The van der Waals surface area contributed by atoms with E-state index >= 15 is 0 Å². The lowest BCUT2D eigenvalue weighted by Gasteiger charge is -2.13. The van der Waals surface area contributed by atoms with Crippen molar-refractivity contribution in [2.24, 2.45) is 10.9 Å². The molecule has 0 saturated carbocycles. The van der Waals surface area contributed by atoms with Crippen LogP contribution >= 0.6 is 0 Å². The van der Waals surface area contributed by atoms with Gasteiger partial charge in [-0.3, -0.25) is 14.6 Å². The molecule has 2 amide bonds. The molecule has 2 aromatic rings. The fraction of sp³-hybridized carbons (Fsp3) is 0.250. The van der Waals surface area contributed by atoms with Crippen molar-refractivity contribution in [1.82, 2.24) is 10.3 Å². The van der Waals surface area contributed by atoms with E-state index in [0.29, 0.717) is 22.6 Å². The van der Waals surface area contributed by atoms with Gasteiger partial charge in [0.15, 0.2) is 0 Å².